The maximum Gasteiger partial charge on any atom is 0.333 e. The second-order valence-electron chi connectivity index (χ2n) is 12.9. The monoisotopic (exact) mass is 846 g/mol. The number of fused-ring (bicyclic) bond motifs is 2. The molecule has 19 heteroatoms. The molecule has 3 heterocycles. The van der Waals surface area contributed by atoms with Gasteiger partial charge in [-0.15, -0.1) is 11.3 Å². The average molecular weight is 847 g/mol. The molecule has 0 radical (unpaired) electrons. The normalized spacial score (nSPS) is 27.0. The number of rotatable bonds is 21. The largest absolute Gasteiger partial charge is 0.448 e. The van der Waals surface area contributed by atoms with Gasteiger partial charge in [-0.2, -0.15) is 0 Å². The molecule has 0 aliphatic carbocycles. The molecular formula is C37H54N2O14S3. The molecule has 2 bridgehead atoms. The molecule has 1 spiro atoms. The van der Waals surface area contributed by atoms with Crippen LogP contribution in [0.3, 0.4) is 0 Å². The number of carbonyl (C=O) groups is 4. The van der Waals surface area contributed by atoms with Crippen molar-refractivity contribution in [3.05, 3.63) is 46.0 Å². The van der Waals surface area contributed by atoms with Crippen molar-refractivity contribution >= 4 is 60.8 Å². The van der Waals surface area contributed by atoms with Crippen LogP contribution in [0, 0.1) is 0 Å². The zero-order valence-corrected chi connectivity index (χ0v) is 34.8. The summed E-state index contributed by atoms with van der Waals surface area (Å²) >= 11 is 1.32. The smallest absolute Gasteiger partial charge is 0.333 e. The summed E-state index contributed by atoms with van der Waals surface area (Å²) in [5.74, 6) is -1.83. The number of aliphatic hydroxyl groups is 1. The maximum absolute atomic E-state index is 13.4. The summed E-state index contributed by atoms with van der Waals surface area (Å²) in [7, 11) is 0.167. The Labute approximate surface area is 337 Å². The second kappa shape index (κ2) is 25.6. The lowest BCUT2D eigenvalue weighted by Crippen LogP contribution is -2.55. The van der Waals surface area contributed by atoms with E-state index in [0.717, 1.165) is 0 Å². The third kappa shape index (κ3) is 15.9. The van der Waals surface area contributed by atoms with E-state index in [9.17, 15) is 28.5 Å². The van der Waals surface area contributed by atoms with Gasteiger partial charge in [-0.3, -0.25) is 14.4 Å². The molecule has 0 aromatic carbocycles. The molecule has 1 fully saturated rings. The molecular weight excluding hydrogens is 793 g/mol. The molecule has 1 amide bonds. The fraction of sp³-hybridized carbons (Fsp3) is 0.649. The van der Waals surface area contributed by atoms with Crippen molar-refractivity contribution < 1.29 is 66.4 Å². The van der Waals surface area contributed by atoms with Crippen LogP contribution in [0.25, 0.3) is 6.08 Å². The molecule has 16 nitrogen and oxygen atoms in total. The van der Waals surface area contributed by atoms with E-state index in [4.69, 9.17) is 37.9 Å². The number of esters is 1. The lowest BCUT2D eigenvalue weighted by atomic mass is 9.81. The number of hydrogen-bond acceptors (Lipinski definition) is 17. The van der Waals surface area contributed by atoms with Crippen molar-refractivity contribution in [1.29, 1.82) is 0 Å². The highest BCUT2D eigenvalue weighted by atomic mass is 33.1. The Morgan fingerprint density at radius 3 is 2.02 bits per heavy atom. The van der Waals surface area contributed by atoms with Crippen molar-refractivity contribution in [2.75, 3.05) is 93.0 Å². The predicted molar refractivity (Wildman–Crippen MR) is 210 cm³/mol. The van der Waals surface area contributed by atoms with Crippen LogP contribution in [-0.2, 0) is 66.9 Å². The highest BCUT2D eigenvalue weighted by molar-refractivity contribution is 8.76. The van der Waals surface area contributed by atoms with Crippen molar-refractivity contribution in [2.45, 2.75) is 62.5 Å². The highest BCUT2D eigenvalue weighted by Gasteiger charge is 2.63. The Hall–Kier alpha value is -2.69. The van der Waals surface area contributed by atoms with Gasteiger partial charge in [0.05, 0.1) is 101 Å². The minimum absolute atomic E-state index is 0.0330. The second-order valence-corrected chi connectivity index (χ2v) is 17.0. The van der Waals surface area contributed by atoms with Crippen molar-refractivity contribution in [2.24, 2.45) is 0 Å². The summed E-state index contributed by atoms with van der Waals surface area (Å²) in [6.45, 7) is 9.01. The molecule has 2 N–H and O–H groups in total. The van der Waals surface area contributed by atoms with Gasteiger partial charge in [0.2, 0.25) is 11.0 Å². The first-order chi connectivity index (χ1) is 26.9. The highest BCUT2D eigenvalue weighted by Crippen LogP contribution is 2.50. The standard InChI is InChI=1S/C37H54N2O14S3/c1-27-9-10-37(36(3,44)35(43)55-56(37)45)24-32(41)38-28(2)34-39-29(26-54-34)7-5-6-8-30(40)31(23-27)53-33(42)25-52-22-21-51-20-19-50-18-17-49-16-15-48-14-13-47-12-11-46-4/h5-8,23,26,28,31,44H,9-22,24-25H2,1-4H3,(H,38,41)/b7-5-,8-6+,27-23+/t28-,31+,36-,37+,56?/m0/s1. The van der Waals surface area contributed by atoms with Crippen LogP contribution in [0.1, 0.15) is 56.8 Å². The number of ether oxygens (including phenoxy) is 8. The SMILES string of the molecule is COCCOCCOCCOCCOCCOCCOCC(=O)O[C@@H]1/C=C(\C)CC[C@]2(CC(=O)N[C@@H](C)c3nc(cs3)/C=C\C=C\C1=O)S(=O)SC(=O)[C@]2(C)O. The number of aromatic nitrogens is 1. The molecule has 0 saturated carbocycles. The average Bonchev–Trinajstić information content (AvgIpc) is 3.69. The molecule has 3 rings (SSSR count). The van der Waals surface area contributed by atoms with Gasteiger partial charge in [-0.25, -0.2) is 14.0 Å². The number of hydrogen-bond donors (Lipinski definition) is 2. The third-order valence-electron chi connectivity index (χ3n) is 8.54. The zero-order chi connectivity index (χ0) is 40.8. The number of carbonyl (C=O) groups excluding carboxylic acids is 4. The molecule has 1 aromatic heterocycles. The third-order valence-corrected chi connectivity index (χ3v) is 13.5. The Morgan fingerprint density at radius 2 is 1.46 bits per heavy atom. The number of nitrogens with one attached hydrogen (secondary N) is 1. The van der Waals surface area contributed by atoms with Crippen molar-refractivity contribution in [3.8, 4) is 0 Å². The molecule has 5 atom stereocenters. The number of ketones is 1. The number of methoxy groups -OCH3 is 1. The summed E-state index contributed by atoms with van der Waals surface area (Å²) in [6, 6.07) is -0.490. The first-order valence-corrected chi connectivity index (χ1v) is 21.6. The summed E-state index contributed by atoms with van der Waals surface area (Å²) in [5, 5.41) is 15.9. The zero-order valence-electron chi connectivity index (χ0n) is 32.4. The number of nitrogens with zero attached hydrogens (tertiary/aromatic N) is 1. The minimum Gasteiger partial charge on any atom is -0.448 e. The molecule has 1 unspecified atom stereocenters. The van der Waals surface area contributed by atoms with E-state index in [2.05, 4.69) is 10.3 Å². The molecule has 56 heavy (non-hydrogen) atoms. The van der Waals surface area contributed by atoms with Crippen LogP contribution >= 0.6 is 22.1 Å². The lowest BCUT2D eigenvalue weighted by molar-refractivity contribution is -0.156. The Bertz CT molecular complexity index is 1530. The van der Waals surface area contributed by atoms with Gasteiger partial charge in [0.1, 0.15) is 22.0 Å². The van der Waals surface area contributed by atoms with Gasteiger partial charge in [-0.1, -0.05) is 17.7 Å². The Morgan fingerprint density at radius 1 is 0.911 bits per heavy atom. The lowest BCUT2D eigenvalue weighted by Gasteiger charge is -2.36. The van der Waals surface area contributed by atoms with Gasteiger partial charge in [0.25, 0.3) is 0 Å². The molecule has 2 aliphatic heterocycles. The first kappa shape index (κ1) is 47.7. The number of amides is 1. The van der Waals surface area contributed by atoms with E-state index < -0.39 is 68.1 Å². The van der Waals surface area contributed by atoms with Crippen LogP contribution in [0.2, 0.25) is 0 Å². The van der Waals surface area contributed by atoms with Gasteiger partial charge < -0.3 is 48.3 Å². The molecule has 1 aromatic rings. The summed E-state index contributed by atoms with van der Waals surface area (Å²) in [6.07, 6.45) is 5.90. The van der Waals surface area contributed by atoms with E-state index >= 15 is 0 Å². The molecule has 1 saturated heterocycles. The Kier molecular flexibility index (Phi) is 21.8. The predicted octanol–water partition coefficient (Wildman–Crippen LogP) is 2.67. The van der Waals surface area contributed by atoms with Crippen molar-refractivity contribution in [1.82, 2.24) is 10.3 Å². The van der Waals surface area contributed by atoms with E-state index in [1.807, 2.05) is 0 Å². The summed E-state index contributed by atoms with van der Waals surface area (Å²) in [5.41, 5.74) is -0.934. The Balaban J connectivity index is 1.47. The molecule has 2 aliphatic rings. The van der Waals surface area contributed by atoms with Gasteiger partial charge in [0, 0.05) is 29.7 Å². The minimum atomic E-state index is -2.08. The summed E-state index contributed by atoms with van der Waals surface area (Å²) < 4.78 is 54.6. The topological polar surface area (TPSA) is 204 Å². The van der Waals surface area contributed by atoms with Gasteiger partial charge >= 0.3 is 5.97 Å². The van der Waals surface area contributed by atoms with Crippen LogP contribution in [0.5, 0.6) is 0 Å². The van der Waals surface area contributed by atoms with E-state index in [0.29, 0.717) is 93.1 Å². The quantitative estimate of drug-likeness (QED) is 0.0790. The van der Waals surface area contributed by atoms with Gasteiger partial charge in [-0.05, 0) is 51.8 Å². The van der Waals surface area contributed by atoms with Crippen LogP contribution in [0.4, 0.5) is 0 Å². The molecule has 314 valence electrons. The summed E-state index contributed by atoms with van der Waals surface area (Å²) in [4.78, 5) is 56.6. The van der Waals surface area contributed by atoms with Gasteiger partial charge in [0.15, 0.2) is 11.9 Å². The number of thiazole rings is 1. The van der Waals surface area contributed by atoms with Crippen LogP contribution in [0.15, 0.2) is 35.3 Å². The first-order valence-electron chi connectivity index (χ1n) is 18.2. The van der Waals surface area contributed by atoms with Crippen molar-refractivity contribution in [3.63, 3.8) is 0 Å². The van der Waals surface area contributed by atoms with E-state index in [1.165, 1.54) is 36.5 Å². The fourth-order valence-electron chi connectivity index (χ4n) is 5.30. The maximum atomic E-state index is 13.4. The van der Waals surface area contributed by atoms with Crippen LogP contribution in [-0.4, -0.2) is 147 Å². The van der Waals surface area contributed by atoms with E-state index in [1.54, 1.807) is 38.5 Å². The van der Waals surface area contributed by atoms with E-state index in [-0.39, 0.29) is 26.1 Å². The fourth-order valence-corrected chi connectivity index (χ4v) is 10.0. The van der Waals surface area contributed by atoms with Crippen LogP contribution < -0.4 is 5.32 Å². The number of allylic oxidation sites excluding steroid dienone is 3.